The molecule has 2 N–H and O–H groups in total. The van der Waals surface area contributed by atoms with E-state index in [1.54, 1.807) is 12.1 Å². The first kappa shape index (κ1) is 22.3. The summed E-state index contributed by atoms with van der Waals surface area (Å²) in [6.07, 6.45) is 1.78. The second kappa shape index (κ2) is 10.1. The smallest absolute Gasteiger partial charge is 0.317 e. The SMILES string of the molecule is C/C(=N\OCc1ccc(OC(C)C)c(C#N)c1)c1ccc2c(c1)CCC2NCC(=O)O. The maximum absolute atomic E-state index is 10.8. The van der Waals surface area contributed by atoms with Crippen molar-refractivity contribution >= 4 is 11.7 Å². The molecular weight excluding hydrogens is 394 g/mol. The Hall–Kier alpha value is -3.37. The van der Waals surface area contributed by atoms with Gasteiger partial charge in [0.15, 0.2) is 0 Å². The number of carboxylic acid groups (broad SMARTS) is 1. The second-order valence-electron chi connectivity index (χ2n) is 7.84. The number of aryl methyl sites for hydroxylation is 1. The van der Waals surface area contributed by atoms with Crippen molar-refractivity contribution in [1.29, 1.82) is 5.26 Å². The van der Waals surface area contributed by atoms with Crippen LogP contribution in [0.25, 0.3) is 0 Å². The monoisotopic (exact) mass is 421 g/mol. The van der Waals surface area contributed by atoms with Gasteiger partial charge >= 0.3 is 5.97 Å². The largest absolute Gasteiger partial charge is 0.490 e. The lowest BCUT2D eigenvalue weighted by atomic mass is 10.0. The zero-order valence-electron chi connectivity index (χ0n) is 18.0. The van der Waals surface area contributed by atoms with E-state index in [1.807, 2.05) is 39.0 Å². The van der Waals surface area contributed by atoms with Crippen LogP contribution >= 0.6 is 0 Å². The Morgan fingerprint density at radius 3 is 2.84 bits per heavy atom. The van der Waals surface area contributed by atoms with Gasteiger partial charge in [0.05, 0.1) is 23.9 Å². The number of hydrogen-bond donors (Lipinski definition) is 2. The lowest BCUT2D eigenvalue weighted by Crippen LogP contribution is -2.25. The minimum Gasteiger partial charge on any atom is -0.490 e. The molecule has 31 heavy (non-hydrogen) atoms. The molecule has 0 fully saturated rings. The van der Waals surface area contributed by atoms with E-state index in [4.69, 9.17) is 14.7 Å². The van der Waals surface area contributed by atoms with Crippen molar-refractivity contribution in [2.24, 2.45) is 5.16 Å². The van der Waals surface area contributed by atoms with Crippen LogP contribution in [0.3, 0.4) is 0 Å². The molecule has 1 aliphatic rings. The Balaban J connectivity index is 1.63. The molecule has 162 valence electrons. The molecule has 0 aromatic heterocycles. The van der Waals surface area contributed by atoms with E-state index in [2.05, 4.69) is 22.6 Å². The quantitative estimate of drug-likeness (QED) is 0.469. The highest BCUT2D eigenvalue weighted by Gasteiger charge is 2.23. The third kappa shape index (κ3) is 5.83. The fraction of sp³-hybridized carbons (Fsp3) is 0.375. The third-order valence-corrected chi connectivity index (χ3v) is 5.10. The van der Waals surface area contributed by atoms with E-state index in [1.165, 1.54) is 5.56 Å². The average Bonchev–Trinajstić information content (AvgIpc) is 3.15. The van der Waals surface area contributed by atoms with Gasteiger partial charge in [-0.25, -0.2) is 0 Å². The summed E-state index contributed by atoms with van der Waals surface area (Å²) < 4.78 is 5.64. The molecule has 0 saturated carbocycles. The summed E-state index contributed by atoms with van der Waals surface area (Å²) in [7, 11) is 0. The molecule has 0 bridgehead atoms. The Bertz CT molecular complexity index is 1020. The summed E-state index contributed by atoms with van der Waals surface area (Å²) in [4.78, 5) is 16.3. The van der Waals surface area contributed by atoms with Crippen LogP contribution in [-0.4, -0.2) is 29.4 Å². The maximum atomic E-state index is 10.8. The highest BCUT2D eigenvalue weighted by Crippen LogP contribution is 2.31. The van der Waals surface area contributed by atoms with Crippen molar-refractivity contribution in [3.8, 4) is 11.8 Å². The first-order valence-corrected chi connectivity index (χ1v) is 10.3. The van der Waals surface area contributed by atoms with Gasteiger partial charge in [0, 0.05) is 6.04 Å². The van der Waals surface area contributed by atoms with Crippen molar-refractivity contribution in [2.45, 2.75) is 52.4 Å². The Morgan fingerprint density at radius 1 is 1.32 bits per heavy atom. The van der Waals surface area contributed by atoms with Crippen LogP contribution in [0.5, 0.6) is 5.75 Å². The lowest BCUT2D eigenvalue weighted by Gasteiger charge is -2.13. The van der Waals surface area contributed by atoms with E-state index in [-0.39, 0.29) is 25.3 Å². The summed E-state index contributed by atoms with van der Waals surface area (Å²) >= 11 is 0. The van der Waals surface area contributed by atoms with Crippen LogP contribution < -0.4 is 10.1 Å². The van der Waals surface area contributed by atoms with Crippen LogP contribution in [0.2, 0.25) is 0 Å². The predicted octanol–water partition coefficient (Wildman–Crippen LogP) is 3.95. The molecule has 1 unspecified atom stereocenters. The van der Waals surface area contributed by atoms with Crippen LogP contribution in [0, 0.1) is 11.3 Å². The van der Waals surface area contributed by atoms with Gasteiger partial charge in [-0.2, -0.15) is 5.26 Å². The van der Waals surface area contributed by atoms with E-state index in [0.29, 0.717) is 11.3 Å². The highest BCUT2D eigenvalue weighted by atomic mass is 16.6. The number of carbonyl (C=O) groups is 1. The molecular formula is C24H27N3O4. The molecule has 0 saturated heterocycles. The standard InChI is InChI=1S/C24H27N3O4/c1-15(2)31-23-9-4-17(10-20(23)12-25)14-30-27-16(3)18-5-7-21-19(11-18)6-8-22(21)26-13-24(28)29/h4-5,7,9-11,15,22,26H,6,8,13-14H2,1-3H3,(H,28,29)/b27-16+. The molecule has 0 heterocycles. The van der Waals surface area contributed by atoms with E-state index >= 15 is 0 Å². The van der Waals surface area contributed by atoms with Crippen molar-refractivity contribution in [3.05, 3.63) is 64.2 Å². The number of nitriles is 1. The van der Waals surface area contributed by atoms with Gasteiger partial charge in [-0.3, -0.25) is 4.79 Å². The van der Waals surface area contributed by atoms with Gasteiger partial charge in [0.1, 0.15) is 18.4 Å². The minimum atomic E-state index is -0.853. The Kier molecular flexibility index (Phi) is 7.27. The fourth-order valence-corrected chi connectivity index (χ4v) is 3.63. The molecule has 1 atom stereocenters. The van der Waals surface area contributed by atoms with Gasteiger partial charge in [-0.1, -0.05) is 23.4 Å². The summed E-state index contributed by atoms with van der Waals surface area (Å²) in [5.74, 6) is -0.288. The van der Waals surface area contributed by atoms with Gasteiger partial charge in [-0.15, -0.1) is 0 Å². The van der Waals surface area contributed by atoms with E-state index < -0.39 is 5.97 Å². The summed E-state index contributed by atoms with van der Waals surface area (Å²) in [6.45, 7) is 5.93. The predicted molar refractivity (Wildman–Crippen MR) is 117 cm³/mol. The molecule has 0 radical (unpaired) electrons. The molecule has 0 amide bonds. The zero-order valence-corrected chi connectivity index (χ0v) is 18.0. The normalized spacial score (nSPS) is 15.5. The number of nitrogens with zero attached hydrogens (tertiary/aromatic N) is 2. The molecule has 0 spiro atoms. The number of oxime groups is 1. The highest BCUT2D eigenvalue weighted by molar-refractivity contribution is 5.98. The number of ether oxygens (including phenoxy) is 1. The third-order valence-electron chi connectivity index (χ3n) is 5.10. The summed E-state index contributed by atoms with van der Waals surface area (Å²) in [6, 6.07) is 13.7. The van der Waals surface area contributed by atoms with Crippen molar-refractivity contribution in [1.82, 2.24) is 5.32 Å². The molecule has 7 heteroatoms. The van der Waals surface area contributed by atoms with Gasteiger partial charge in [0.25, 0.3) is 0 Å². The minimum absolute atomic E-state index is 0.00278. The van der Waals surface area contributed by atoms with Crippen molar-refractivity contribution < 1.29 is 19.5 Å². The molecule has 2 aromatic carbocycles. The maximum Gasteiger partial charge on any atom is 0.317 e. The number of carboxylic acids is 1. The van der Waals surface area contributed by atoms with E-state index in [9.17, 15) is 10.1 Å². The van der Waals surface area contributed by atoms with Crippen LogP contribution in [0.4, 0.5) is 0 Å². The number of rotatable bonds is 9. The Labute approximate surface area is 182 Å². The van der Waals surface area contributed by atoms with Crippen LogP contribution in [0.15, 0.2) is 41.6 Å². The molecule has 3 rings (SSSR count). The van der Waals surface area contributed by atoms with Crippen molar-refractivity contribution in [3.63, 3.8) is 0 Å². The number of hydrogen-bond acceptors (Lipinski definition) is 6. The first-order valence-electron chi connectivity index (χ1n) is 10.3. The molecule has 1 aliphatic carbocycles. The Morgan fingerprint density at radius 2 is 2.13 bits per heavy atom. The fourth-order valence-electron chi connectivity index (χ4n) is 3.63. The van der Waals surface area contributed by atoms with Crippen LogP contribution in [-0.2, 0) is 22.7 Å². The van der Waals surface area contributed by atoms with Gasteiger partial charge in [0.2, 0.25) is 0 Å². The topological polar surface area (TPSA) is 104 Å². The summed E-state index contributed by atoms with van der Waals surface area (Å²) in [5, 5.41) is 25.5. The number of fused-ring (bicyclic) bond motifs is 1. The van der Waals surface area contributed by atoms with Gasteiger partial charge in [-0.05, 0) is 74.1 Å². The number of aliphatic carboxylic acids is 1. The van der Waals surface area contributed by atoms with Crippen LogP contribution in [0.1, 0.15) is 61.1 Å². The van der Waals surface area contributed by atoms with Crippen molar-refractivity contribution in [2.75, 3.05) is 6.54 Å². The molecule has 0 aliphatic heterocycles. The number of benzene rings is 2. The van der Waals surface area contributed by atoms with Gasteiger partial charge < -0.3 is 20.0 Å². The lowest BCUT2D eigenvalue weighted by molar-refractivity contribution is -0.136. The second-order valence-corrected chi connectivity index (χ2v) is 7.84. The average molecular weight is 421 g/mol. The zero-order chi connectivity index (χ0) is 22.4. The first-order chi connectivity index (χ1) is 14.9. The van der Waals surface area contributed by atoms with E-state index in [0.717, 1.165) is 35.2 Å². The molecule has 7 nitrogen and oxygen atoms in total. The number of nitrogens with one attached hydrogen (secondary N) is 1. The molecule has 2 aromatic rings. The summed E-state index contributed by atoms with van der Waals surface area (Å²) in [5.41, 5.74) is 5.38.